The van der Waals surface area contributed by atoms with Crippen LogP contribution in [0.5, 0.6) is 0 Å². The van der Waals surface area contributed by atoms with E-state index < -0.39 is 0 Å². The fourth-order valence-corrected chi connectivity index (χ4v) is 3.60. The van der Waals surface area contributed by atoms with Gasteiger partial charge in [0.2, 0.25) is 0 Å². The molecule has 4 rings (SSSR count). The van der Waals surface area contributed by atoms with Crippen molar-refractivity contribution >= 4 is 16.5 Å². The summed E-state index contributed by atoms with van der Waals surface area (Å²) in [4.78, 5) is 4.76. The van der Waals surface area contributed by atoms with E-state index in [0.29, 0.717) is 12.0 Å². The highest BCUT2D eigenvalue weighted by molar-refractivity contribution is 7.13. The van der Waals surface area contributed by atoms with E-state index in [0.717, 1.165) is 11.6 Å². The molecule has 1 unspecified atom stereocenters. The third-order valence-electron chi connectivity index (χ3n) is 4.17. The molecule has 0 amide bonds. The van der Waals surface area contributed by atoms with Gasteiger partial charge in [0, 0.05) is 17.3 Å². The zero-order chi connectivity index (χ0) is 11.9. The van der Waals surface area contributed by atoms with Crippen molar-refractivity contribution in [3.8, 4) is 0 Å². The summed E-state index contributed by atoms with van der Waals surface area (Å²) in [7, 11) is 0. The van der Waals surface area contributed by atoms with Gasteiger partial charge in [-0.25, -0.2) is 4.98 Å². The van der Waals surface area contributed by atoms with Gasteiger partial charge in [-0.2, -0.15) is 0 Å². The molecule has 0 bridgehead atoms. The maximum absolute atomic E-state index is 4.76. The smallest absolute Gasteiger partial charge is 0.183 e. The number of rotatable bonds is 3. The van der Waals surface area contributed by atoms with Gasteiger partial charge >= 0.3 is 0 Å². The monoisotopic (exact) mass is 256 g/mol. The van der Waals surface area contributed by atoms with Gasteiger partial charge in [-0.15, -0.1) is 11.3 Å². The van der Waals surface area contributed by atoms with Crippen LogP contribution in [-0.4, -0.2) is 11.0 Å². The number of benzene rings is 1. The van der Waals surface area contributed by atoms with Crippen molar-refractivity contribution in [1.29, 1.82) is 0 Å². The first kappa shape index (κ1) is 10.6. The van der Waals surface area contributed by atoms with Crippen LogP contribution in [0.1, 0.15) is 42.0 Å². The van der Waals surface area contributed by atoms with E-state index >= 15 is 0 Å². The van der Waals surface area contributed by atoms with Gasteiger partial charge in [0.05, 0.1) is 5.69 Å². The predicted molar refractivity (Wildman–Crippen MR) is 75.4 cm³/mol. The lowest BCUT2D eigenvalue weighted by atomic mass is 9.76. The van der Waals surface area contributed by atoms with Gasteiger partial charge < -0.3 is 5.32 Å². The third-order valence-corrected chi connectivity index (χ3v) is 4.96. The highest BCUT2D eigenvalue weighted by atomic mass is 32.1. The first-order valence-electron chi connectivity index (χ1n) is 6.70. The minimum Gasteiger partial charge on any atom is -0.359 e. The normalized spacial score (nSPS) is 21.9. The second-order valence-electron chi connectivity index (χ2n) is 5.31. The summed E-state index contributed by atoms with van der Waals surface area (Å²) in [5.74, 6) is 0.536. The Morgan fingerprint density at radius 2 is 2.11 bits per heavy atom. The van der Waals surface area contributed by atoms with E-state index in [2.05, 4.69) is 35.0 Å². The van der Waals surface area contributed by atoms with Crippen LogP contribution < -0.4 is 5.32 Å². The third kappa shape index (κ3) is 1.65. The van der Waals surface area contributed by atoms with Crippen molar-refractivity contribution in [1.82, 2.24) is 4.98 Å². The number of aromatic nitrogens is 1. The lowest BCUT2D eigenvalue weighted by Crippen LogP contribution is -2.27. The van der Waals surface area contributed by atoms with Crippen LogP contribution >= 0.6 is 11.3 Å². The van der Waals surface area contributed by atoms with E-state index in [1.807, 2.05) is 0 Å². The van der Waals surface area contributed by atoms with Crippen LogP contribution in [0.25, 0.3) is 0 Å². The average Bonchev–Trinajstić information content (AvgIpc) is 2.74. The van der Waals surface area contributed by atoms with Gasteiger partial charge in [-0.3, -0.25) is 0 Å². The molecule has 0 aliphatic heterocycles. The highest BCUT2D eigenvalue weighted by Gasteiger charge is 2.29. The first-order chi connectivity index (χ1) is 8.90. The summed E-state index contributed by atoms with van der Waals surface area (Å²) in [6.45, 7) is 0. The lowest BCUT2D eigenvalue weighted by molar-refractivity contribution is 0.445. The zero-order valence-corrected chi connectivity index (χ0v) is 11.0. The lowest BCUT2D eigenvalue weighted by Gasteiger charge is -2.29. The van der Waals surface area contributed by atoms with Crippen molar-refractivity contribution in [2.75, 3.05) is 5.32 Å². The molecule has 1 heterocycles. The topological polar surface area (TPSA) is 24.9 Å². The minimum atomic E-state index is 0.536. The fraction of sp³-hybridized carbons (Fsp3) is 0.400. The molecular formula is C15H16N2S. The number of hydrogen-bond donors (Lipinski definition) is 1. The van der Waals surface area contributed by atoms with Crippen molar-refractivity contribution < 1.29 is 0 Å². The fourth-order valence-electron chi connectivity index (χ4n) is 2.76. The number of nitrogens with zero attached hydrogens (tertiary/aromatic N) is 1. The first-order valence-corrected chi connectivity index (χ1v) is 7.58. The Balaban J connectivity index is 1.53. The van der Waals surface area contributed by atoms with E-state index in [-0.39, 0.29) is 0 Å². The van der Waals surface area contributed by atoms with Crippen LogP contribution in [-0.2, 0) is 6.42 Å². The molecule has 1 aromatic carbocycles. The number of fused-ring (bicyclic) bond motifs is 1. The SMILES string of the molecule is c1ccc2c(c1)CC2c1csc(NC2CCC2)n1. The summed E-state index contributed by atoms with van der Waals surface area (Å²) in [6, 6.07) is 9.40. The Morgan fingerprint density at radius 3 is 2.89 bits per heavy atom. The molecule has 3 heteroatoms. The van der Waals surface area contributed by atoms with Crippen LogP contribution in [0.15, 0.2) is 29.6 Å². The minimum absolute atomic E-state index is 0.536. The van der Waals surface area contributed by atoms with Crippen molar-refractivity contribution in [2.24, 2.45) is 0 Å². The molecule has 0 radical (unpaired) electrons. The Kier molecular flexibility index (Phi) is 2.40. The van der Waals surface area contributed by atoms with Gasteiger partial charge in [0.25, 0.3) is 0 Å². The Morgan fingerprint density at radius 1 is 1.22 bits per heavy atom. The van der Waals surface area contributed by atoms with Gasteiger partial charge in [-0.05, 0) is 36.8 Å². The molecule has 18 heavy (non-hydrogen) atoms. The number of thiazole rings is 1. The largest absolute Gasteiger partial charge is 0.359 e. The average molecular weight is 256 g/mol. The van der Waals surface area contributed by atoms with E-state index in [4.69, 9.17) is 4.98 Å². The maximum atomic E-state index is 4.76. The van der Waals surface area contributed by atoms with Crippen molar-refractivity contribution in [3.63, 3.8) is 0 Å². The maximum Gasteiger partial charge on any atom is 0.183 e. The second kappa shape index (κ2) is 4.09. The van der Waals surface area contributed by atoms with E-state index in [9.17, 15) is 0 Å². The summed E-state index contributed by atoms with van der Waals surface area (Å²) in [5, 5.41) is 6.87. The molecule has 2 aliphatic rings. The van der Waals surface area contributed by atoms with Crippen LogP contribution in [0.4, 0.5) is 5.13 Å². The standard InChI is InChI=1S/C15H16N2S/c1-2-7-12-10(4-1)8-13(12)14-9-18-15(17-14)16-11-5-3-6-11/h1-2,4,7,9,11,13H,3,5-6,8H2,(H,16,17). The number of nitrogens with one attached hydrogen (secondary N) is 1. The van der Waals surface area contributed by atoms with Crippen LogP contribution in [0.2, 0.25) is 0 Å². The summed E-state index contributed by atoms with van der Waals surface area (Å²) in [5.41, 5.74) is 4.21. The molecule has 1 saturated carbocycles. The number of hydrogen-bond acceptors (Lipinski definition) is 3. The Bertz CT molecular complexity index is 571. The quantitative estimate of drug-likeness (QED) is 0.903. The van der Waals surface area contributed by atoms with Crippen LogP contribution in [0.3, 0.4) is 0 Å². The van der Waals surface area contributed by atoms with Crippen LogP contribution in [0, 0.1) is 0 Å². The second-order valence-corrected chi connectivity index (χ2v) is 6.16. The molecule has 92 valence electrons. The molecular weight excluding hydrogens is 240 g/mol. The van der Waals surface area contributed by atoms with Gasteiger partial charge in [0.15, 0.2) is 5.13 Å². The predicted octanol–water partition coefficient (Wildman–Crippen LogP) is 3.80. The Hall–Kier alpha value is -1.35. The summed E-state index contributed by atoms with van der Waals surface area (Å²) in [6.07, 6.45) is 5.14. The van der Waals surface area contributed by atoms with Gasteiger partial charge in [-0.1, -0.05) is 24.3 Å². The Labute approximate surface area is 111 Å². The summed E-state index contributed by atoms with van der Waals surface area (Å²) < 4.78 is 0. The van der Waals surface area contributed by atoms with E-state index in [1.54, 1.807) is 11.3 Å². The van der Waals surface area contributed by atoms with Crippen molar-refractivity contribution in [2.45, 2.75) is 37.6 Å². The molecule has 1 aromatic heterocycles. The van der Waals surface area contributed by atoms with Gasteiger partial charge in [0.1, 0.15) is 0 Å². The number of anilines is 1. The summed E-state index contributed by atoms with van der Waals surface area (Å²) >= 11 is 1.76. The molecule has 1 N–H and O–H groups in total. The highest BCUT2D eigenvalue weighted by Crippen LogP contribution is 2.40. The molecule has 2 aromatic rings. The molecule has 2 nitrogen and oxygen atoms in total. The molecule has 0 saturated heterocycles. The molecule has 2 aliphatic carbocycles. The van der Waals surface area contributed by atoms with Crippen molar-refractivity contribution in [3.05, 3.63) is 46.5 Å². The molecule has 0 spiro atoms. The molecule has 1 fully saturated rings. The molecule has 1 atom stereocenters. The van der Waals surface area contributed by atoms with E-state index in [1.165, 1.54) is 36.1 Å². The zero-order valence-electron chi connectivity index (χ0n) is 10.2.